The molecule has 0 aliphatic carbocycles. The van der Waals surface area contributed by atoms with Crippen LogP contribution in [0, 0.1) is 5.41 Å². The molecule has 0 amide bonds. The summed E-state index contributed by atoms with van der Waals surface area (Å²) in [4.78, 5) is 0. The zero-order chi connectivity index (χ0) is 27.6. The molecule has 0 bridgehead atoms. The van der Waals surface area contributed by atoms with Crippen molar-refractivity contribution in [3.05, 3.63) is 146 Å². The molecule has 0 radical (unpaired) electrons. The van der Waals surface area contributed by atoms with E-state index in [0.29, 0.717) is 0 Å². The van der Waals surface area contributed by atoms with E-state index in [1.807, 2.05) is 13.0 Å². The molecule has 0 fully saturated rings. The van der Waals surface area contributed by atoms with Crippen LogP contribution in [0.5, 0.6) is 0 Å². The topological polar surface area (TPSA) is 49.9 Å². The van der Waals surface area contributed by atoms with Crippen LogP contribution in [-0.2, 0) is 0 Å². The van der Waals surface area contributed by atoms with Gasteiger partial charge in [-0.05, 0) is 90.5 Å². The van der Waals surface area contributed by atoms with Crippen LogP contribution in [0.4, 0.5) is 0 Å². The van der Waals surface area contributed by atoms with Crippen molar-refractivity contribution in [2.24, 2.45) is 5.73 Å². The largest absolute Gasteiger partial charge is 0.384 e. The minimum atomic E-state index is 0.0757. The smallest absolute Gasteiger partial charge is 0.122 e. The van der Waals surface area contributed by atoms with E-state index in [-0.39, 0.29) is 5.84 Å². The van der Waals surface area contributed by atoms with E-state index in [9.17, 15) is 0 Å². The minimum Gasteiger partial charge on any atom is -0.384 e. The van der Waals surface area contributed by atoms with Crippen molar-refractivity contribution in [3.8, 4) is 22.3 Å². The van der Waals surface area contributed by atoms with Crippen molar-refractivity contribution in [1.29, 1.82) is 5.41 Å². The van der Waals surface area contributed by atoms with E-state index in [2.05, 4.69) is 128 Å². The molecule has 2 heteroatoms. The highest BCUT2D eigenvalue weighted by atomic mass is 14.7. The molecule has 0 aliphatic heterocycles. The number of hydrogen-bond acceptors (Lipinski definition) is 1. The standard InChI is InChI=1S/C35H24N2.C3H6/c36-35(37)28-17-18-31-32(21-28)34(27-16-14-23-8-2-4-10-25(23)20-27)30-12-6-5-11-29(30)33(31)26-15-13-22-7-1-3-9-24(22)19-26;1-3-2/h1-21H,(H3,36,37);3H,1H2,2H3. The SMILES string of the molecule is C=CC.N=C(N)c1ccc2c(-c3ccc4ccccc4c3)c3ccccc3c(-c3ccc4ccccc4c3)c2c1. The molecule has 0 aliphatic rings. The number of fused-ring (bicyclic) bond motifs is 4. The van der Waals surface area contributed by atoms with Crippen LogP contribution < -0.4 is 5.73 Å². The Labute approximate surface area is 234 Å². The van der Waals surface area contributed by atoms with Gasteiger partial charge in [-0.3, -0.25) is 5.41 Å². The lowest BCUT2D eigenvalue weighted by Gasteiger charge is -2.19. The summed E-state index contributed by atoms with van der Waals surface area (Å²) in [6, 6.07) is 45.2. The molecular weight excluding hydrogens is 484 g/mol. The third-order valence-electron chi connectivity index (χ3n) is 7.41. The highest BCUT2D eigenvalue weighted by Crippen LogP contribution is 2.44. The van der Waals surface area contributed by atoms with Crippen LogP contribution in [0.3, 0.4) is 0 Å². The predicted octanol–water partition coefficient (Wildman–Crippen LogP) is 10.1. The summed E-state index contributed by atoms with van der Waals surface area (Å²) < 4.78 is 0. The summed E-state index contributed by atoms with van der Waals surface area (Å²) in [5, 5.41) is 17.7. The Morgan fingerprint density at radius 2 is 0.975 bits per heavy atom. The normalized spacial score (nSPS) is 10.9. The fourth-order valence-corrected chi connectivity index (χ4v) is 5.66. The van der Waals surface area contributed by atoms with E-state index in [4.69, 9.17) is 11.1 Å². The van der Waals surface area contributed by atoms with Gasteiger partial charge in [-0.2, -0.15) is 0 Å². The van der Waals surface area contributed by atoms with Gasteiger partial charge in [0.15, 0.2) is 0 Å². The zero-order valence-corrected chi connectivity index (χ0v) is 22.5. The highest BCUT2D eigenvalue weighted by molar-refractivity contribution is 6.23. The highest BCUT2D eigenvalue weighted by Gasteiger charge is 2.18. The van der Waals surface area contributed by atoms with Gasteiger partial charge in [0.25, 0.3) is 0 Å². The molecule has 0 saturated heterocycles. The summed E-state index contributed by atoms with van der Waals surface area (Å²) in [6.45, 7) is 5.25. The van der Waals surface area contributed by atoms with Gasteiger partial charge in [-0.15, -0.1) is 6.58 Å². The number of rotatable bonds is 3. The van der Waals surface area contributed by atoms with Crippen LogP contribution in [0.25, 0.3) is 65.3 Å². The molecule has 0 heterocycles. The van der Waals surface area contributed by atoms with E-state index >= 15 is 0 Å². The number of benzene rings is 7. The van der Waals surface area contributed by atoms with Crippen LogP contribution in [0.1, 0.15) is 12.5 Å². The lowest BCUT2D eigenvalue weighted by atomic mass is 9.84. The van der Waals surface area contributed by atoms with Crippen molar-refractivity contribution in [3.63, 3.8) is 0 Å². The molecule has 3 N–H and O–H groups in total. The first kappa shape index (κ1) is 25.1. The van der Waals surface area contributed by atoms with E-state index in [0.717, 1.165) is 21.9 Å². The third kappa shape index (κ3) is 4.40. The molecule has 0 unspecified atom stereocenters. The molecule has 7 aromatic carbocycles. The average molecular weight is 515 g/mol. The molecule has 0 atom stereocenters. The number of nitrogens with one attached hydrogen (secondary N) is 1. The molecule has 7 aromatic rings. The maximum atomic E-state index is 8.14. The van der Waals surface area contributed by atoms with E-state index in [1.54, 1.807) is 6.08 Å². The molecule has 40 heavy (non-hydrogen) atoms. The first-order valence-corrected chi connectivity index (χ1v) is 13.5. The monoisotopic (exact) mass is 514 g/mol. The Kier molecular flexibility index (Phi) is 6.59. The molecule has 2 nitrogen and oxygen atoms in total. The fourth-order valence-electron chi connectivity index (χ4n) is 5.66. The van der Waals surface area contributed by atoms with Gasteiger partial charge in [-0.25, -0.2) is 0 Å². The number of hydrogen-bond donors (Lipinski definition) is 2. The van der Waals surface area contributed by atoms with Crippen molar-refractivity contribution < 1.29 is 0 Å². The van der Waals surface area contributed by atoms with Gasteiger partial charge in [0, 0.05) is 5.56 Å². The number of nitrogens with two attached hydrogens (primary N) is 1. The first-order chi connectivity index (χ1) is 19.6. The summed E-state index contributed by atoms with van der Waals surface area (Å²) in [5.74, 6) is 0.0757. The van der Waals surface area contributed by atoms with Crippen LogP contribution in [0.15, 0.2) is 140 Å². The van der Waals surface area contributed by atoms with Crippen molar-refractivity contribution in [2.45, 2.75) is 6.92 Å². The zero-order valence-electron chi connectivity index (χ0n) is 22.5. The summed E-state index contributed by atoms with van der Waals surface area (Å²) >= 11 is 0. The van der Waals surface area contributed by atoms with Gasteiger partial charge in [0.05, 0.1) is 0 Å². The summed E-state index contributed by atoms with van der Waals surface area (Å²) in [5.41, 5.74) is 11.4. The second-order valence-electron chi connectivity index (χ2n) is 10.0. The van der Waals surface area contributed by atoms with Gasteiger partial charge < -0.3 is 5.73 Å². The number of nitrogen functional groups attached to an aromatic ring is 1. The molecule has 0 saturated carbocycles. The Balaban J connectivity index is 0.000000925. The molecule has 0 aromatic heterocycles. The summed E-state index contributed by atoms with van der Waals surface area (Å²) in [6.07, 6.45) is 1.75. The summed E-state index contributed by atoms with van der Waals surface area (Å²) in [7, 11) is 0. The maximum absolute atomic E-state index is 8.14. The number of amidine groups is 1. The average Bonchev–Trinajstić information content (AvgIpc) is 2.99. The molecule has 0 spiro atoms. The van der Waals surface area contributed by atoms with Gasteiger partial charge >= 0.3 is 0 Å². The van der Waals surface area contributed by atoms with Gasteiger partial charge in [-0.1, -0.05) is 115 Å². The molecule has 192 valence electrons. The second-order valence-corrected chi connectivity index (χ2v) is 10.0. The predicted molar refractivity (Wildman–Crippen MR) is 174 cm³/mol. The minimum absolute atomic E-state index is 0.0757. The lowest BCUT2D eigenvalue weighted by molar-refractivity contribution is 1.43. The van der Waals surface area contributed by atoms with Crippen molar-refractivity contribution in [2.75, 3.05) is 0 Å². The molecular formula is C38H30N2. The maximum Gasteiger partial charge on any atom is 0.122 e. The van der Waals surface area contributed by atoms with Gasteiger partial charge in [0.2, 0.25) is 0 Å². The number of allylic oxidation sites excluding steroid dienone is 1. The molecule has 7 rings (SSSR count). The van der Waals surface area contributed by atoms with Gasteiger partial charge in [0.1, 0.15) is 5.84 Å². The second kappa shape index (κ2) is 10.5. The first-order valence-electron chi connectivity index (χ1n) is 13.5. The Morgan fingerprint density at radius 3 is 1.48 bits per heavy atom. The lowest BCUT2D eigenvalue weighted by Crippen LogP contribution is -2.10. The quantitative estimate of drug-likeness (QED) is 0.105. The van der Waals surface area contributed by atoms with Crippen LogP contribution in [0.2, 0.25) is 0 Å². The fraction of sp³-hybridized carbons (Fsp3) is 0.0263. The Hall–Kier alpha value is -5.21. The Bertz CT molecular complexity index is 2070. The van der Waals surface area contributed by atoms with Crippen molar-refractivity contribution >= 4 is 48.9 Å². The Morgan fingerprint density at radius 1 is 0.550 bits per heavy atom. The van der Waals surface area contributed by atoms with Crippen LogP contribution >= 0.6 is 0 Å². The van der Waals surface area contributed by atoms with E-state index < -0.39 is 0 Å². The third-order valence-corrected chi connectivity index (χ3v) is 7.41. The van der Waals surface area contributed by atoms with E-state index in [1.165, 1.54) is 49.0 Å². The van der Waals surface area contributed by atoms with Crippen molar-refractivity contribution in [1.82, 2.24) is 0 Å². The van der Waals surface area contributed by atoms with Crippen LogP contribution in [-0.4, -0.2) is 5.84 Å².